The number of ether oxygens (including phenoxy) is 1. The summed E-state index contributed by atoms with van der Waals surface area (Å²) < 4.78 is 4.72. The lowest BCUT2D eigenvalue weighted by atomic mass is 9.84. The molecule has 0 aliphatic carbocycles. The second-order valence-corrected chi connectivity index (χ2v) is 2.51. The van der Waals surface area contributed by atoms with Gasteiger partial charge in [-0.25, -0.2) is 0 Å². The van der Waals surface area contributed by atoms with Gasteiger partial charge in [0.2, 0.25) is 0 Å². The number of carboxylic acid groups (broad SMARTS) is 2. The van der Waals surface area contributed by atoms with Gasteiger partial charge in [-0.3, -0.25) is 9.59 Å². The average Bonchev–Trinajstić information content (AvgIpc) is 2.05. The van der Waals surface area contributed by atoms with Gasteiger partial charge in [-0.05, 0) is 6.08 Å². The van der Waals surface area contributed by atoms with Gasteiger partial charge in [-0.1, -0.05) is 0 Å². The van der Waals surface area contributed by atoms with Crippen LogP contribution in [0.1, 0.15) is 6.42 Å². The van der Waals surface area contributed by atoms with E-state index in [9.17, 15) is 9.59 Å². The Morgan fingerprint density at radius 2 is 1.92 bits per heavy atom. The molecule has 0 radical (unpaired) electrons. The van der Waals surface area contributed by atoms with Crippen LogP contribution in [0.25, 0.3) is 0 Å². The highest BCUT2D eigenvalue weighted by Crippen LogP contribution is 2.28. The number of carbonyl (C=O) groups is 2. The highest BCUT2D eigenvalue weighted by Gasteiger charge is 2.45. The maximum absolute atomic E-state index is 10.6. The lowest BCUT2D eigenvalue weighted by molar-refractivity contribution is -0.162. The molecular formula is C7H8O5. The highest BCUT2D eigenvalue weighted by atomic mass is 16.5. The van der Waals surface area contributed by atoms with Crippen LogP contribution < -0.4 is 0 Å². The summed E-state index contributed by atoms with van der Waals surface area (Å²) in [4.78, 5) is 21.3. The number of aliphatic carboxylic acids is 2. The topological polar surface area (TPSA) is 83.8 Å². The molecule has 0 atom stereocenters. The first kappa shape index (κ1) is 8.58. The van der Waals surface area contributed by atoms with Crippen LogP contribution in [-0.2, 0) is 14.3 Å². The summed E-state index contributed by atoms with van der Waals surface area (Å²) in [5, 5.41) is 17.3. The molecule has 0 bridgehead atoms. The van der Waals surface area contributed by atoms with Gasteiger partial charge in [0, 0.05) is 6.42 Å². The van der Waals surface area contributed by atoms with Crippen molar-refractivity contribution < 1.29 is 24.5 Å². The molecule has 0 saturated carbocycles. The SMILES string of the molecule is O=C(O)C1(C(=O)O)C=COCC1. The zero-order valence-corrected chi connectivity index (χ0v) is 6.19. The van der Waals surface area contributed by atoms with E-state index >= 15 is 0 Å². The molecule has 0 amide bonds. The molecule has 1 rings (SSSR count). The predicted molar refractivity (Wildman–Crippen MR) is 37.4 cm³/mol. The van der Waals surface area contributed by atoms with Gasteiger partial charge in [0.15, 0.2) is 5.41 Å². The van der Waals surface area contributed by atoms with Crippen LogP contribution in [-0.4, -0.2) is 28.8 Å². The molecular weight excluding hydrogens is 164 g/mol. The van der Waals surface area contributed by atoms with E-state index in [1.54, 1.807) is 0 Å². The predicted octanol–water partition coefficient (Wildman–Crippen LogP) is 0.0760. The summed E-state index contributed by atoms with van der Waals surface area (Å²) in [7, 11) is 0. The summed E-state index contributed by atoms with van der Waals surface area (Å²) >= 11 is 0. The van der Waals surface area contributed by atoms with Crippen LogP contribution >= 0.6 is 0 Å². The molecule has 0 aromatic carbocycles. The molecule has 0 aromatic heterocycles. The van der Waals surface area contributed by atoms with Crippen LogP contribution in [0.3, 0.4) is 0 Å². The van der Waals surface area contributed by atoms with E-state index < -0.39 is 17.4 Å². The quantitative estimate of drug-likeness (QED) is 0.576. The van der Waals surface area contributed by atoms with Crippen molar-refractivity contribution in [2.75, 3.05) is 6.61 Å². The van der Waals surface area contributed by atoms with E-state index in [2.05, 4.69) is 0 Å². The summed E-state index contributed by atoms with van der Waals surface area (Å²) in [6.45, 7) is 0.120. The number of hydrogen-bond acceptors (Lipinski definition) is 3. The molecule has 0 spiro atoms. The Balaban J connectivity index is 3.01. The van der Waals surface area contributed by atoms with Crippen LogP contribution in [0.2, 0.25) is 0 Å². The summed E-state index contributed by atoms with van der Waals surface area (Å²) in [6.07, 6.45) is 2.14. The second kappa shape index (κ2) is 2.84. The Morgan fingerprint density at radius 3 is 2.17 bits per heavy atom. The van der Waals surface area contributed by atoms with Gasteiger partial charge in [0.05, 0.1) is 12.9 Å². The normalized spacial score (nSPS) is 19.7. The third-order valence-electron chi connectivity index (χ3n) is 1.83. The van der Waals surface area contributed by atoms with Gasteiger partial charge in [-0.2, -0.15) is 0 Å². The van der Waals surface area contributed by atoms with E-state index in [4.69, 9.17) is 14.9 Å². The molecule has 66 valence electrons. The van der Waals surface area contributed by atoms with Crippen molar-refractivity contribution in [1.29, 1.82) is 0 Å². The minimum atomic E-state index is -1.79. The van der Waals surface area contributed by atoms with Crippen molar-refractivity contribution in [3.05, 3.63) is 12.3 Å². The van der Waals surface area contributed by atoms with Crippen molar-refractivity contribution >= 4 is 11.9 Å². The molecule has 2 N–H and O–H groups in total. The molecule has 1 aliphatic rings. The Kier molecular flexibility index (Phi) is 2.03. The van der Waals surface area contributed by atoms with Crippen LogP contribution in [0, 0.1) is 5.41 Å². The van der Waals surface area contributed by atoms with Gasteiger partial charge in [0.1, 0.15) is 0 Å². The second-order valence-electron chi connectivity index (χ2n) is 2.51. The third-order valence-corrected chi connectivity index (χ3v) is 1.83. The van der Waals surface area contributed by atoms with Gasteiger partial charge in [-0.15, -0.1) is 0 Å². The molecule has 1 heterocycles. The van der Waals surface area contributed by atoms with Gasteiger partial charge < -0.3 is 14.9 Å². The smallest absolute Gasteiger partial charge is 0.325 e. The van der Waals surface area contributed by atoms with E-state index in [0.717, 1.165) is 12.3 Å². The minimum Gasteiger partial charge on any atom is -0.501 e. The zero-order valence-electron chi connectivity index (χ0n) is 6.19. The van der Waals surface area contributed by atoms with E-state index in [1.807, 2.05) is 0 Å². The third kappa shape index (κ3) is 1.13. The van der Waals surface area contributed by atoms with Crippen molar-refractivity contribution in [2.45, 2.75) is 6.42 Å². The first-order valence-corrected chi connectivity index (χ1v) is 3.36. The Morgan fingerprint density at radius 1 is 1.33 bits per heavy atom. The standard InChI is InChI=1S/C7H8O5/c8-5(9)7(6(10)11)1-3-12-4-2-7/h1,3H,2,4H2,(H,8,9)(H,10,11). The van der Waals surface area contributed by atoms with Crippen molar-refractivity contribution in [3.63, 3.8) is 0 Å². The molecule has 0 saturated heterocycles. The fourth-order valence-corrected chi connectivity index (χ4v) is 0.983. The lowest BCUT2D eigenvalue weighted by Gasteiger charge is -2.23. The minimum absolute atomic E-state index is 0.0336. The monoisotopic (exact) mass is 172 g/mol. The maximum Gasteiger partial charge on any atom is 0.325 e. The molecule has 12 heavy (non-hydrogen) atoms. The summed E-state index contributed by atoms with van der Waals surface area (Å²) in [5.41, 5.74) is -1.79. The first-order chi connectivity index (χ1) is 5.59. The number of hydrogen-bond donors (Lipinski definition) is 2. The zero-order chi connectivity index (χ0) is 9.19. The Hall–Kier alpha value is -1.52. The molecule has 0 fully saturated rings. The van der Waals surface area contributed by atoms with E-state index in [-0.39, 0.29) is 13.0 Å². The van der Waals surface area contributed by atoms with Gasteiger partial charge >= 0.3 is 11.9 Å². The van der Waals surface area contributed by atoms with E-state index in [0.29, 0.717) is 0 Å². The Bertz CT molecular complexity index is 228. The van der Waals surface area contributed by atoms with Crippen molar-refractivity contribution in [2.24, 2.45) is 5.41 Å². The molecule has 5 nitrogen and oxygen atoms in total. The molecule has 0 unspecified atom stereocenters. The van der Waals surface area contributed by atoms with Crippen molar-refractivity contribution in [1.82, 2.24) is 0 Å². The largest absolute Gasteiger partial charge is 0.501 e. The van der Waals surface area contributed by atoms with Crippen LogP contribution in [0.4, 0.5) is 0 Å². The molecule has 1 aliphatic heterocycles. The van der Waals surface area contributed by atoms with Gasteiger partial charge in [0.25, 0.3) is 0 Å². The Labute approximate surface area is 68.3 Å². The summed E-state index contributed by atoms with van der Waals surface area (Å²) in [6, 6.07) is 0. The first-order valence-electron chi connectivity index (χ1n) is 3.36. The maximum atomic E-state index is 10.6. The summed E-state index contributed by atoms with van der Waals surface area (Å²) in [5.74, 6) is -2.70. The van der Waals surface area contributed by atoms with Crippen LogP contribution in [0.15, 0.2) is 12.3 Å². The fraction of sp³-hybridized carbons (Fsp3) is 0.429. The highest BCUT2D eigenvalue weighted by molar-refractivity contribution is 6.00. The average molecular weight is 172 g/mol. The number of rotatable bonds is 2. The fourth-order valence-electron chi connectivity index (χ4n) is 0.983. The van der Waals surface area contributed by atoms with Crippen LogP contribution in [0.5, 0.6) is 0 Å². The van der Waals surface area contributed by atoms with E-state index in [1.165, 1.54) is 0 Å². The molecule has 0 aromatic rings. The lowest BCUT2D eigenvalue weighted by Crippen LogP contribution is -2.39. The number of carboxylic acids is 2. The molecule has 5 heteroatoms. The van der Waals surface area contributed by atoms with Crippen molar-refractivity contribution in [3.8, 4) is 0 Å².